The minimum Gasteiger partial charge on any atom is -0.353 e. The largest absolute Gasteiger partial charge is 0.353 e. The van der Waals surface area contributed by atoms with Crippen LogP contribution in [0.4, 0.5) is 0 Å². The Morgan fingerprint density at radius 2 is 1.63 bits per heavy atom. The lowest BCUT2D eigenvalue weighted by molar-refractivity contribution is -0.184. The quantitative estimate of drug-likeness (QED) is 0.803. The van der Waals surface area contributed by atoms with Crippen molar-refractivity contribution in [3.8, 4) is 0 Å². The average Bonchev–Trinajstić information content (AvgIpc) is 3.45. The van der Waals surface area contributed by atoms with E-state index in [0.29, 0.717) is 17.9 Å². The number of benzene rings is 1. The molecule has 27 heavy (non-hydrogen) atoms. The summed E-state index contributed by atoms with van der Waals surface area (Å²) < 4.78 is 0. The van der Waals surface area contributed by atoms with E-state index in [1.54, 1.807) is 12.1 Å². The molecule has 7 nitrogen and oxygen atoms in total. The van der Waals surface area contributed by atoms with Crippen LogP contribution >= 0.6 is 0 Å². The van der Waals surface area contributed by atoms with Crippen molar-refractivity contribution in [1.29, 1.82) is 0 Å². The van der Waals surface area contributed by atoms with Gasteiger partial charge in [0, 0.05) is 12.5 Å². The zero-order valence-corrected chi connectivity index (χ0v) is 15.0. The maximum Gasteiger partial charge on any atom is 0.339 e. The molecule has 1 aliphatic heterocycles. The molecule has 0 spiro atoms. The molecule has 1 aromatic rings. The average molecular weight is 370 g/mol. The zero-order chi connectivity index (χ0) is 19.0. The van der Waals surface area contributed by atoms with Crippen LogP contribution in [0.15, 0.2) is 24.3 Å². The fraction of sp³-hybridized carbons (Fsp3) is 0.500. The van der Waals surface area contributed by atoms with E-state index < -0.39 is 23.2 Å². The molecule has 0 saturated heterocycles. The third-order valence-corrected chi connectivity index (χ3v) is 5.62. The van der Waals surface area contributed by atoms with Crippen molar-refractivity contribution in [1.82, 2.24) is 10.4 Å². The van der Waals surface area contributed by atoms with Crippen LogP contribution in [-0.4, -0.2) is 34.8 Å². The molecular formula is C20H22N2O5. The summed E-state index contributed by atoms with van der Waals surface area (Å²) in [5.74, 6) is -2.11. The van der Waals surface area contributed by atoms with E-state index in [4.69, 9.17) is 4.84 Å². The van der Waals surface area contributed by atoms with Crippen molar-refractivity contribution in [2.45, 2.75) is 57.4 Å². The summed E-state index contributed by atoms with van der Waals surface area (Å²) in [6.07, 6.45) is 5.64. The molecule has 3 aliphatic rings. The SMILES string of the molecule is O=C(CC1(C(=O)ON2C(=O)c3ccccc3C2=O)CCCCC1)NC1CC1. The molecule has 4 rings (SSSR count). The van der Waals surface area contributed by atoms with Crippen LogP contribution in [-0.2, 0) is 14.4 Å². The number of amides is 3. The van der Waals surface area contributed by atoms with Gasteiger partial charge in [-0.05, 0) is 37.8 Å². The molecule has 2 aliphatic carbocycles. The first-order chi connectivity index (χ1) is 13.0. The van der Waals surface area contributed by atoms with Gasteiger partial charge >= 0.3 is 5.97 Å². The number of imide groups is 1. The summed E-state index contributed by atoms with van der Waals surface area (Å²) in [6.45, 7) is 0. The highest BCUT2D eigenvalue weighted by molar-refractivity contribution is 6.21. The van der Waals surface area contributed by atoms with Crippen LogP contribution in [0.3, 0.4) is 0 Å². The van der Waals surface area contributed by atoms with E-state index in [1.165, 1.54) is 12.1 Å². The Kier molecular flexibility index (Phi) is 4.45. The number of hydrogen-bond donors (Lipinski definition) is 1. The molecule has 3 amide bonds. The number of hydroxylamine groups is 2. The Hall–Kier alpha value is -2.70. The highest BCUT2D eigenvalue weighted by Gasteiger charge is 2.47. The minimum absolute atomic E-state index is 0.0332. The standard InChI is InChI=1S/C20H22N2O5/c23-16(21-13-8-9-13)12-20(10-4-1-5-11-20)19(26)27-22-17(24)14-6-2-3-7-15(14)18(22)25/h2-3,6-7,13H,1,4-5,8-12H2,(H,21,23). The summed E-state index contributed by atoms with van der Waals surface area (Å²) in [7, 11) is 0. The normalized spacial score (nSPS) is 21.0. The number of carbonyl (C=O) groups is 4. The first-order valence-electron chi connectivity index (χ1n) is 9.50. The van der Waals surface area contributed by atoms with E-state index in [2.05, 4.69) is 5.32 Å². The van der Waals surface area contributed by atoms with E-state index in [9.17, 15) is 19.2 Å². The van der Waals surface area contributed by atoms with Crippen LogP contribution in [0.2, 0.25) is 0 Å². The van der Waals surface area contributed by atoms with Crippen molar-refractivity contribution in [2.75, 3.05) is 0 Å². The lowest BCUT2D eigenvalue weighted by Gasteiger charge is -2.34. The molecule has 1 heterocycles. The van der Waals surface area contributed by atoms with E-state index >= 15 is 0 Å². The summed E-state index contributed by atoms with van der Waals surface area (Å²) in [5.41, 5.74) is -0.536. The fourth-order valence-corrected chi connectivity index (χ4v) is 3.93. The first kappa shape index (κ1) is 17.7. The molecule has 1 N–H and O–H groups in total. The van der Waals surface area contributed by atoms with Gasteiger partial charge in [0.05, 0.1) is 16.5 Å². The van der Waals surface area contributed by atoms with E-state index in [1.807, 2.05) is 0 Å². The Morgan fingerprint density at radius 3 is 2.19 bits per heavy atom. The van der Waals surface area contributed by atoms with Crippen molar-refractivity contribution in [3.05, 3.63) is 35.4 Å². The van der Waals surface area contributed by atoms with Gasteiger partial charge in [0.1, 0.15) is 0 Å². The Balaban J connectivity index is 1.51. The Morgan fingerprint density at radius 1 is 1.04 bits per heavy atom. The molecule has 2 saturated carbocycles. The molecular weight excluding hydrogens is 348 g/mol. The highest BCUT2D eigenvalue weighted by Crippen LogP contribution is 2.41. The predicted molar refractivity (Wildman–Crippen MR) is 94.3 cm³/mol. The summed E-state index contributed by atoms with van der Waals surface area (Å²) in [5, 5.41) is 3.46. The maximum absolute atomic E-state index is 13.0. The summed E-state index contributed by atoms with van der Waals surface area (Å²) >= 11 is 0. The van der Waals surface area contributed by atoms with Gasteiger partial charge in [-0.1, -0.05) is 36.5 Å². The van der Waals surface area contributed by atoms with Crippen LogP contribution in [0.5, 0.6) is 0 Å². The molecule has 2 fully saturated rings. The van der Waals surface area contributed by atoms with Crippen LogP contribution < -0.4 is 5.32 Å². The number of hydrogen-bond acceptors (Lipinski definition) is 5. The second-order valence-electron chi connectivity index (χ2n) is 7.69. The number of rotatable bonds is 5. The first-order valence-corrected chi connectivity index (χ1v) is 9.50. The summed E-state index contributed by atoms with van der Waals surface area (Å²) in [6, 6.07) is 6.58. The number of carbonyl (C=O) groups excluding carboxylic acids is 4. The summed E-state index contributed by atoms with van der Waals surface area (Å²) in [4.78, 5) is 55.6. The van der Waals surface area contributed by atoms with E-state index in [0.717, 1.165) is 32.1 Å². The topological polar surface area (TPSA) is 92.8 Å². The highest BCUT2D eigenvalue weighted by atomic mass is 16.7. The van der Waals surface area contributed by atoms with Crippen molar-refractivity contribution in [2.24, 2.45) is 5.41 Å². The molecule has 0 atom stereocenters. The molecule has 0 aromatic heterocycles. The van der Waals surface area contributed by atoms with Crippen molar-refractivity contribution >= 4 is 23.7 Å². The second kappa shape index (κ2) is 6.79. The molecule has 0 unspecified atom stereocenters. The number of fused-ring (bicyclic) bond motifs is 1. The van der Waals surface area contributed by atoms with Crippen molar-refractivity contribution in [3.63, 3.8) is 0 Å². The van der Waals surface area contributed by atoms with Gasteiger partial charge < -0.3 is 10.2 Å². The van der Waals surface area contributed by atoms with Crippen molar-refractivity contribution < 1.29 is 24.0 Å². The van der Waals surface area contributed by atoms with Crippen LogP contribution in [0.25, 0.3) is 0 Å². The van der Waals surface area contributed by atoms with Gasteiger partial charge in [0.15, 0.2) is 0 Å². The zero-order valence-electron chi connectivity index (χ0n) is 15.0. The van der Waals surface area contributed by atoms with Gasteiger partial charge in [0.2, 0.25) is 5.91 Å². The third kappa shape index (κ3) is 3.34. The van der Waals surface area contributed by atoms with Gasteiger partial charge in [-0.25, -0.2) is 4.79 Å². The second-order valence-corrected chi connectivity index (χ2v) is 7.69. The van der Waals surface area contributed by atoms with Gasteiger partial charge in [-0.3, -0.25) is 14.4 Å². The van der Waals surface area contributed by atoms with Crippen LogP contribution in [0, 0.1) is 5.41 Å². The lowest BCUT2D eigenvalue weighted by atomic mass is 9.71. The van der Waals surface area contributed by atoms with Crippen LogP contribution in [0.1, 0.15) is 72.1 Å². The Bertz CT molecular complexity index is 773. The monoisotopic (exact) mass is 370 g/mol. The van der Waals surface area contributed by atoms with E-state index in [-0.39, 0.29) is 29.5 Å². The molecule has 0 bridgehead atoms. The number of nitrogens with zero attached hydrogens (tertiary/aromatic N) is 1. The maximum atomic E-state index is 13.0. The molecule has 1 aromatic carbocycles. The van der Waals surface area contributed by atoms with Gasteiger partial charge in [-0.15, -0.1) is 0 Å². The lowest BCUT2D eigenvalue weighted by Crippen LogP contribution is -2.44. The smallest absolute Gasteiger partial charge is 0.339 e. The number of nitrogens with one attached hydrogen (secondary N) is 1. The third-order valence-electron chi connectivity index (χ3n) is 5.62. The molecule has 142 valence electrons. The predicted octanol–water partition coefficient (Wildman–Crippen LogP) is 2.36. The molecule has 7 heteroatoms. The fourth-order valence-electron chi connectivity index (χ4n) is 3.93. The van der Waals surface area contributed by atoms with Gasteiger partial charge in [0.25, 0.3) is 11.8 Å². The molecule has 0 radical (unpaired) electrons. The minimum atomic E-state index is -0.980. The van der Waals surface area contributed by atoms with Gasteiger partial charge in [-0.2, -0.15) is 0 Å². The Labute approximate surface area is 157 Å².